The Labute approximate surface area is 180 Å². The van der Waals surface area contributed by atoms with Gasteiger partial charge in [0.1, 0.15) is 5.70 Å². The Morgan fingerprint density at radius 2 is 1.57 bits per heavy atom. The van der Waals surface area contributed by atoms with E-state index in [0.717, 1.165) is 16.7 Å². The molecule has 3 aromatic carbocycles. The summed E-state index contributed by atoms with van der Waals surface area (Å²) in [7, 11) is 0. The van der Waals surface area contributed by atoms with Gasteiger partial charge in [0.25, 0.3) is 11.8 Å². The van der Waals surface area contributed by atoms with E-state index in [1.807, 2.05) is 81.4 Å². The van der Waals surface area contributed by atoms with Crippen molar-refractivity contribution in [1.29, 1.82) is 0 Å². The Hall–Kier alpha value is -3.37. The van der Waals surface area contributed by atoms with Crippen molar-refractivity contribution in [3.8, 4) is 0 Å². The highest BCUT2D eigenvalue weighted by molar-refractivity contribution is 6.46. The number of carbonyl (C=O) groups is 2. The van der Waals surface area contributed by atoms with E-state index < -0.39 is 0 Å². The van der Waals surface area contributed by atoms with Crippen LogP contribution in [0.3, 0.4) is 0 Å². The number of rotatable bonds is 4. The number of amides is 2. The minimum atomic E-state index is -0.384. The molecule has 1 N–H and O–H groups in total. The van der Waals surface area contributed by atoms with Crippen molar-refractivity contribution in [3.63, 3.8) is 0 Å². The molecule has 0 unspecified atom stereocenters. The van der Waals surface area contributed by atoms with E-state index in [9.17, 15) is 9.59 Å². The standard InChI is InChI=1S/C25H21ClN2O2/c1-15-12-13-21(16(2)14-15)28-24(29)22(18-8-5-4-6-9-18)23(25(28)30)27-20-11-7-10-19(26)17(20)3/h4-14,27H,1-3H3. The minimum Gasteiger partial charge on any atom is -0.350 e. The number of halogens is 1. The van der Waals surface area contributed by atoms with E-state index in [4.69, 9.17) is 11.6 Å². The minimum absolute atomic E-state index is 0.247. The topological polar surface area (TPSA) is 49.4 Å². The first-order chi connectivity index (χ1) is 14.4. The lowest BCUT2D eigenvalue weighted by molar-refractivity contribution is -0.120. The van der Waals surface area contributed by atoms with Gasteiger partial charge in [-0.05, 0) is 55.7 Å². The Morgan fingerprint density at radius 1 is 0.833 bits per heavy atom. The first-order valence-electron chi connectivity index (χ1n) is 9.66. The van der Waals surface area contributed by atoms with Crippen molar-refractivity contribution in [2.75, 3.05) is 10.2 Å². The lowest BCUT2D eigenvalue weighted by Crippen LogP contribution is -2.33. The summed E-state index contributed by atoms with van der Waals surface area (Å²) < 4.78 is 0. The molecule has 0 saturated heterocycles. The van der Waals surface area contributed by atoms with Crippen LogP contribution in [0, 0.1) is 20.8 Å². The lowest BCUT2D eigenvalue weighted by Gasteiger charge is -2.18. The second-order valence-corrected chi connectivity index (χ2v) is 7.80. The molecule has 3 aromatic rings. The van der Waals surface area contributed by atoms with Gasteiger partial charge in [0.15, 0.2) is 0 Å². The first kappa shape index (κ1) is 19.9. The molecular weight excluding hydrogens is 396 g/mol. The predicted molar refractivity (Wildman–Crippen MR) is 122 cm³/mol. The zero-order chi connectivity index (χ0) is 21.4. The van der Waals surface area contributed by atoms with Gasteiger partial charge in [-0.2, -0.15) is 0 Å². The van der Waals surface area contributed by atoms with E-state index in [-0.39, 0.29) is 17.5 Å². The van der Waals surface area contributed by atoms with Crippen LogP contribution < -0.4 is 10.2 Å². The number of benzene rings is 3. The Morgan fingerprint density at radius 3 is 2.27 bits per heavy atom. The molecule has 4 nitrogen and oxygen atoms in total. The van der Waals surface area contributed by atoms with Crippen molar-refractivity contribution in [3.05, 3.63) is 99.7 Å². The van der Waals surface area contributed by atoms with E-state index in [1.54, 1.807) is 6.07 Å². The smallest absolute Gasteiger partial charge is 0.282 e. The summed E-state index contributed by atoms with van der Waals surface area (Å²) >= 11 is 6.26. The molecule has 1 heterocycles. The van der Waals surface area contributed by atoms with Crippen LogP contribution in [0.1, 0.15) is 22.3 Å². The largest absolute Gasteiger partial charge is 0.350 e. The van der Waals surface area contributed by atoms with Crippen molar-refractivity contribution < 1.29 is 9.59 Å². The fourth-order valence-electron chi connectivity index (χ4n) is 3.67. The second kappa shape index (κ2) is 7.81. The molecule has 30 heavy (non-hydrogen) atoms. The van der Waals surface area contributed by atoms with Crippen molar-refractivity contribution in [1.82, 2.24) is 0 Å². The van der Waals surface area contributed by atoms with Gasteiger partial charge in [-0.1, -0.05) is 65.7 Å². The maximum atomic E-state index is 13.5. The highest BCUT2D eigenvalue weighted by Gasteiger charge is 2.40. The van der Waals surface area contributed by atoms with E-state index in [0.29, 0.717) is 27.5 Å². The van der Waals surface area contributed by atoms with E-state index >= 15 is 0 Å². The fraction of sp³-hybridized carbons (Fsp3) is 0.120. The van der Waals surface area contributed by atoms with Gasteiger partial charge in [-0.3, -0.25) is 9.59 Å². The SMILES string of the molecule is Cc1ccc(N2C(=O)C(Nc3cccc(Cl)c3C)=C(c3ccccc3)C2=O)c(C)c1. The summed E-state index contributed by atoms with van der Waals surface area (Å²) in [5.41, 5.74) is 5.30. The maximum Gasteiger partial charge on any atom is 0.282 e. The highest BCUT2D eigenvalue weighted by Crippen LogP contribution is 2.36. The molecule has 0 spiro atoms. The molecule has 1 aliphatic heterocycles. The van der Waals surface area contributed by atoms with Gasteiger partial charge in [0, 0.05) is 10.7 Å². The number of nitrogens with zero attached hydrogens (tertiary/aromatic N) is 1. The van der Waals surface area contributed by atoms with Crippen molar-refractivity contribution in [2.45, 2.75) is 20.8 Å². The van der Waals surface area contributed by atoms with Crippen LogP contribution in [0.2, 0.25) is 5.02 Å². The summed E-state index contributed by atoms with van der Waals surface area (Å²) in [6.45, 7) is 5.75. The van der Waals surface area contributed by atoms with E-state index in [1.165, 1.54) is 4.90 Å². The third-order valence-electron chi connectivity index (χ3n) is 5.27. The molecule has 4 rings (SSSR count). The zero-order valence-corrected chi connectivity index (χ0v) is 17.7. The third kappa shape index (κ3) is 3.40. The Bertz CT molecular complexity index is 1200. The molecule has 0 aromatic heterocycles. The number of anilines is 2. The Kier molecular flexibility index (Phi) is 5.18. The molecule has 0 bridgehead atoms. The van der Waals surface area contributed by atoms with Crippen LogP contribution in [0.15, 0.2) is 72.4 Å². The Balaban J connectivity index is 1.86. The summed E-state index contributed by atoms with van der Waals surface area (Å²) in [6.07, 6.45) is 0. The van der Waals surface area contributed by atoms with Crippen LogP contribution in [-0.2, 0) is 9.59 Å². The van der Waals surface area contributed by atoms with Crippen molar-refractivity contribution in [2.24, 2.45) is 0 Å². The van der Waals surface area contributed by atoms with Gasteiger partial charge >= 0.3 is 0 Å². The molecule has 0 radical (unpaired) electrons. The maximum absolute atomic E-state index is 13.5. The van der Waals surface area contributed by atoms with Crippen LogP contribution in [0.5, 0.6) is 0 Å². The normalized spacial score (nSPS) is 13.9. The van der Waals surface area contributed by atoms with E-state index in [2.05, 4.69) is 5.32 Å². The van der Waals surface area contributed by atoms with Crippen molar-refractivity contribution >= 4 is 40.4 Å². The number of imide groups is 1. The number of hydrogen-bond donors (Lipinski definition) is 1. The van der Waals surface area contributed by atoms with Crippen LogP contribution in [-0.4, -0.2) is 11.8 Å². The first-order valence-corrected chi connectivity index (χ1v) is 10.0. The predicted octanol–water partition coefficient (Wildman–Crippen LogP) is 5.66. The summed E-state index contributed by atoms with van der Waals surface area (Å²) in [4.78, 5) is 28.2. The van der Waals surface area contributed by atoms with Crippen LogP contribution in [0.25, 0.3) is 5.57 Å². The number of hydrogen-bond acceptors (Lipinski definition) is 3. The molecule has 0 fully saturated rings. The fourth-order valence-corrected chi connectivity index (χ4v) is 3.85. The molecule has 2 amide bonds. The summed E-state index contributed by atoms with van der Waals surface area (Å²) in [5, 5.41) is 3.78. The van der Waals surface area contributed by atoms with Crippen LogP contribution >= 0.6 is 11.6 Å². The lowest BCUT2D eigenvalue weighted by atomic mass is 10.0. The molecule has 150 valence electrons. The molecule has 0 atom stereocenters. The van der Waals surface area contributed by atoms with Gasteiger partial charge in [0.05, 0.1) is 11.3 Å². The van der Waals surface area contributed by atoms with Gasteiger partial charge in [-0.25, -0.2) is 4.90 Å². The number of carbonyl (C=O) groups excluding carboxylic acids is 2. The average Bonchev–Trinajstić information content (AvgIpc) is 2.96. The molecule has 1 aliphatic rings. The molecule has 0 saturated carbocycles. The molecule has 5 heteroatoms. The number of nitrogens with one attached hydrogen (secondary N) is 1. The quantitative estimate of drug-likeness (QED) is 0.558. The third-order valence-corrected chi connectivity index (χ3v) is 5.68. The second-order valence-electron chi connectivity index (χ2n) is 7.39. The highest BCUT2D eigenvalue weighted by atomic mass is 35.5. The summed E-state index contributed by atoms with van der Waals surface area (Å²) in [6, 6.07) is 20.4. The number of aryl methyl sites for hydroxylation is 2. The average molecular weight is 417 g/mol. The van der Waals surface area contributed by atoms with Gasteiger partial charge in [0.2, 0.25) is 0 Å². The van der Waals surface area contributed by atoms with Crippen LogP contribution in [0.4, 0.5) is 11.4 Å². The zero-order valence-electron chi connectivity index (χ0n) is 17.0. The van der Waals surface area contributed by atoms with Gasteiger partial charge in [-0.15, -0.1) is 0 Å². The monoisotopic (exact) mass is 416 g/mol. The molecular formula is C25H21ClN2O2. The van der Waals surface area contributed by atoms with Gasteiger partial charge < -0.3 is 5.32 Å². The molecule has 0 aliphatic carbocycles. The summed E-state index contributed by atoms with van der Waals surface area (Å²) in [5.74, 6) is -0.731.